The molecular formula is C33H40N6O3S. The number of thioether (sulfide) groups is 1. The summed E-state index contributed by atoms with van der Waals surface area (Å²) in [5.41, 5.74) is 2.71. The third-order valence-corrected chi connectivity index (χ3v) is 10.2. The number of aliphatic imine (C=N–C) groups is 2. The van der Waals surface area contributed by atoms with Crippen LogP contribution in [0.5, 0.6) is 0 Å². The number of anilines is 1. The molecule has 10 heteroatoms. The number of fused-ring (bicyclic) bond motifs is 3. The summed E-state index contributed by atoms with van der Waals surface area (Å²) in [6, 6.07) is 17.5. The van der Waals surface area contributed by atoms with Crippen molar-refractivity contribution in [3.63, 3.8) is 0 Å². The van der Waals surface area contributed by atoms with Crippen molar-refractivity contribution in [2.45, 2.75) is 75.6 Å². The van der Waals surface area contributed by atoms with E-state index in [9.17, 15) is 14.4 Å². The maximum atomic E-state index is 13.3. The fraction of sp³-hybridized carbons (Fsp3) is 0.485. The zero-order valence-corrected chi connectivity index (χ0v) is 25.6. The fourth-order valence-corrected chi connectivity index (χ4v) is 7.49. The summed E-state index contributed by atoms with van der Waals surface area (Å²) in [6.07, 6.45) is 6.81. The molecule has 2 fully saturated rings. The van der Waals surface area contributed by atoms with Gasteiger partial charge in [-0.2, -0.15) is 4.99 Å². The molecule has 1 saturated carbocycles. The Bertz CT molecular complexity index is 1400. The molecule has 1 saturated heterocycles. The maximum absolute atomic E-state index is 13.3. The second-order valence-electron chi connectivity index (χ2n) is 11.7. The number of rotatable bonds is 8. The predicted molar refractivity (Wildman–Crippen MR) is 172 cm³/mol. The van der Waals surface area contributed by atoms with Gasteiger partial charge in [-0.25, -0.2) is 4.99 Å². The van der Waals surface area contributed by atoms with Gasteiger partial charge in [-0.3, -0.25) is 19.3 Å². The number of piperazine rings is 1. The molecule has 9 nitrogen and oxygen atoms in total. The lowest BCUT2D eigenvalue weighted by Gasteiger charge is -2.36. The SMILES string of the molecule is CCC(SC1=Nc2ccccc2C2=NC(=O)C(CCC(=O)N3CCN(c4ccccc4)CC3)N12)C(=O)NC1CCCCC1. The molecule has 0 bridgehead atoms. The molecule has 2 aromatic carbocycles. The van der Waals surface area contributed by atoms with Crippen LogP contribution in [0.25, 0.3) is 0 Å². The van der Waals surface area contributed by atoms with E-state index in [0.717, 1.165) is 50.0 Å². The lowest BCUT2D eigenvalue weighted by Crippen LogP contribution is -2.49. The Morgan fingerprint density at radius 1 is 0.953 bits per heavy atom. The number of carbonyl (C=O) groups excluding carboxylic acids is 3. The largest absolute Gasteiger partial charge is 0.368 e. The first-order chi connectivity index (χ1) is 21.0. The molecule has 1 aliphatic carbocycles. The van der Waals surface area contributed by atoms with Gasteiger partial charge in [0.2, 0.25) is 11.8 Å². The van der Waals surface area contributed by atoms with Crippen molar-refractivity contribution in [1.82, 2.24) is 15.1 Å². The Balaban J connectivity index is 1.13. The molecule has 3 amide bonds. The molecule has 3 aliphatic heterocycles. The molecular weight excluding hydrogens is 560 g/mol. The molecule has 3 heterocycles. The van der Waals surface area contributed by atoms with Gasteiger partial charge in [0.25, 0.3) is 5.91 Å². The average Bonchev–Trinajstić information content (AvgIpc) is 3.39. The highest BCUT2D eigenvalue weighted by atomic mass is 32.2. The highest BCUT2D eigenvalue weighted by Crippen LogP contribution is 2.37. The van der Waals surface area contributed by atoms with Gasteiger partial charge in [0.15, 0.2) is 5.17 Å². The molecule has 0 spiro atoms. The van der Waals surface area contributed by atoms with Gasteiger partial charge in [0, 0.05) is 49.9 Å². The van der Waals surface area contributed by atoms with Crippen LogP contribution >= 0.6 is 11.8 Å². The predicted octanol–water partition coefficient (Wildman–Crippen LogP) is 4.73. The van der Waals surface area contributed by atoms with Gasteiger partial charge in [0.05, 0.1) is 10.9 Å². The number of carbonyl (C=O) groups is 3. The molecule has 0 aromatic heterocycles. The average molecular weight is 601 g/mol. The number of para-hydroxylation sites is 2. The summed E-state index contributed by atoms with van der Waals surface area (Å²) in [5, 5.41) is 3.52. The van der Waals surface area contributed by atoms with E-state index in [1.807, 2.05) is 59.2 Å². The zero-order chi connectivity index (χ0) is 29.8. The van der Waals surface area contributed by atoms with Crippen LogP contribution in [0.3, 0.4) is 0 Å². The van der Waals surface area contributed by atoms with Crippen LogP contribution < -0.4 is 10.2 Å². The van der Waals surface area contributed by atoms with E-state index in [-0.39, 0.29) is 35.4 Å². The number of hydrogen-bond donors (Lipinski definition) is 1. The second-order valence-corrected chi connectivity index (χ2v) is 12.8. The summed E-state index contributed by atoms with van der Waals surface area (Å²) >= 11 is 1.40. The molecule has 226 valence electrons. The van der Waals surface area contributed by atoms with Gasteiger partial charge >= 0.3 is 0 Å². The molecule has 43 heavy (non-hydrogen) atoms. The van der Waals surface area contributed by atoms with Crippen LogP contribution in [0.15, 0.2) is 64.6 Å². The normalized spacial score (nSPS) is 21.1. The Morgan fingerprint density at radius 2 is 1.67 bits per heavy atom. The number of benzene rings is 2. The first kappa shape index (κ1) is 29.4. The van der Waals surface area contributed by atoms with Crippen LogP contribution in [0.4, 0.5) is 11.4 Å². The third-order valence-electron chi connectivity index (χ3n) is 8.86. The summed E-state index contributed by atoms with van der Waals surface area (Å²) in [4.78, 5) is 55.5. The van der Waals surface area contributed by atoms with Crippen molar-refractivity contribution >= 4 is 51.9 Å². The van der Waals surface area contributed by atoms with E-state index in [4.69, 9.17) is 4.99 Å². The van der Waals surface area contributed by atoms with Crippen molar-refractivity contribution in [2.24, 2.45) is 9.98 Å². The number of amides is 3. The standard InChI is InChI=1S/C33H40N6O3S/c1-2-28(32(42)34-23-11-5-3-6-12-23)43-33-35-26-16-10-9-15-25(26)30-36-31(41)27(39(30)33)17-18-29(40)38-21-19-37(20-22-38)24-13-7-4-8-14-24/h4,7-10,13-16,23,27-28H,2-3,5-6,11-12,17-22H2,1H3,(H,34,42). The highest BCUT2D eigenvalue weighted by Gasteiger charge is 2.43. The molecule has 4 aliphatic rings. The molecule has 0 radical (unpaired) electrons. The van der Waals surface area contributed by atoms with Gasteiger partial charge in [-0.05, 0) is 49.9 Å². The third kappa shape index (κ3) is 6.49. The molecule has 2 atom stereocenters. The van der Waals surface area contributed by atoms with Crippen molar-refractivity contribution < 1.29 is 14.4 Å². The summed E-state index contributed by atoms with van der Waals surface area (Å²) < 4.78 is 0. The van der Waals surface area contributed by atoms with Crippen LogP contribution in [-0.2, 0) is 14.4 Å². The molecule has 6 rings (SSSR count). The number of nitrogens with zero attached hydrogens (tertiary/aromatic N) is 5. The van der Waals surface area contributed by atoms with E-state index in [1.165, 1.54) is 23.9 Å². The molecule has 2 aromatic rings. The van der Waals surface area contributed by atoms with Gasteiger partial charge in [-0.1, -0.05) is 68.3 Å². The van der Waals surface area contributed by atoms with Crippen LogP contribution in [0, 0.1) is 0 Å². The van der Waals surface area contributed by atoms with E-state index >= 15 is 0 Å². The van der Waals surface area contributed by atoms with Gasteiger partial charge in [-0.15, -0.1) is 0 Å². The Morgan fingerprint density at radius 3 is 2.42 bits per heavy atom. The first-order valence-electron chi connectivity index (χ1n) is 15.7. The summed E-state index contributed by atoms with van der Waals surface area (Å²) in [6.45, 7) is 4.88. The highest BCUT2D eigenvalue weighted by molar-refractivity contribution is 8.15. The first-order valence-corrected chi connectivity index (χ1v) is 16.5. The lowest BCUT2D eigenvalue weighted by atomic mass is 9.95. The van der Waals surface area contributed by atoms with E-state index in [2.05, 4.69) is 27.3 Å². The van der Waals surface area contributed by atoms with Crippen molar-refractivity contribution in [3.8, 4) is 0 Å². The van der Waals surface area contributed by atoms with Gasteiger partial charge in [0.1, 0.15) is 11.9 Å². The minimum absolute atomic E-state index is 0.0198. The van der Waals surface area contributed by atoms with Crippen molar-refractivity contribution in [3.05, 3.63) is 60.2 Å². The van der Waals surface area contributed by atoms with E-state index < -0.39 is 6.04 Å². The van der Waals surface area contributed by atoms with Crippen LogP contribution in [0.2, 0.25) is 0 Å². The quantitative estimate of drug-likeness (QED) is 0.471. The number of nitrogens with one attached hydrogen (secondary N) is 1. The number of amidine groups is 2. The van der Waals surface area contributed by atoms with E-state index in [0.29, 0.717) is 36.9 Å². The van der Waals surface area contributed by atoms with Gasteiger partial charge < -0.3 is 15.1 Å². The molecule has 1 N–H and O–H groups in total. The second kappa shape index (κ2) is 13.3. The topological polar surface area (TPSA) is 97.7 Å². The summed E-state index contributed by atoms with van der Waals surface area (Å²) in [5.74, 6) is 0.373. The lowest BCUT2D eigenvalue weighted by molar-refractivity contribution is -0.132. The number of hydrogen-bond acceptors (Lipinski definition) is 7. The summed E-state index contributed by atoms with van der Waals surface area (Å²) in [7, 11) is 0. The fourth-order valence-electron chi connectivity index (χ4n) is 6.42. The minimum Gasteiger partial charge on any atom is -0.368 e. The maximum Gasteiger partial charge on any atom is 0.270 e. The minimum atomic E-state index is -0.622. The Hall–Kier alpha value is -3.66. The van der Waals surface area contributed by atoms with Crippen molar-refractivity contribution in [2.75, 3.05) is 31.1 Å². The van der Waals surface area contributed by atoms with Crippen molar-refractivity contribution in [1.29, 1.82) is 0 Å². The van der Waals surface area contributed by atoms with E-state index in [1.54, 1.807) is 0 Å². The molecule has 2 unspecified atom stereocenters. The Kier molecular flexibility index (Phi) is 9.11. The van der Waals surface area contributed by atoms with Crippen LogP contribution in [-0.4, -0.2) is 82.0 Å². The Labute approximate surface area is 257 Å². The monoisotopic (exact) mass is 600 g/mol. The zero-order valence-electron chi connectivity index (χ0n) is 24.8. The smallest absolute Gasteiger partial charge is 0.270 e. The van der Waals surface area contributed by atoms with Crippen LogP contribution in [0.1, 0.15) is 63.9 Å².